The predicted octanol–water partition coefficient (Wildman–Crippen LogP) is 3.57. The molecule has 128 valence electrons. The highest BCUT2D eigenvalue weighted by molar-refractivity contribution is 7.99. The fraction of sp³-hybridized carbons (Fsp3) is 0.611. The van der Waals surface area contributed by atoms with Crippen molar-refractivity contribution in [3.05, 3.63) is 30.3 Å². The molecule has 0 radical (unpaired) electrons. The topological polar surface area (TPSA) is 46.3 Å². The highest BCUT2D eigenvalue weighted by atomic mass is 35.5. The molecule has 3 nitrogen and oxygen atoms in total. The number of nitrogens with zero attached hydrogens (tertiary/aromatic N) is 1. The number of likely N-dealkylation sites (tertiary alicyclic amines) is 1. The van der Waals surface area contributed by atoms with Gasteiger partial charge < -0.3 is 10.6 Å². The first-order chi connectivity index (χ1) is 10.7. The first-order valence-corrected chi connectivity index (χ1v) is 9.42. The Morgan fingerprint density at radius 2 is 2.00 bits per heavy atom. The molecule has 1 amide bonds. The number of amides is 1. The quantitative estimate of drug-likeness (QED) is 0.822. The Bertz CT molecular complexity index is 499. The third-order valence-electron chi connectivity index (χ3n) is 5.02. The van der Waals surface area contributed by atoms with Gasteiger partial charge in [0.2, 0.25) is 5.91 Å². The first-order valence-electron chi connectivity index (χ1n) is 8.43. The van der Waals surface area contributed by atoms with Crippen LogP contribution in [0.25, 0.3) is 0 Å². The van der Waals surface area contributed by atoms with E-state index in [1.54, 1.807) is 0 Å². The van der Waals surface area contributed by atoms with E-state index >= 15 is 0 Å². The molecule has 2 N–H and O–H groups in total. The Balaban J connectivity index is 0.00000192. The maximum absolute atomic E-state index is 12.4. The standard InChI is InChI=1S/C18H26N2OS.ClH/c19-17-8-4-5-15(17)11-18(21)20-10-9-14(12-20)13-22-16-6-2-1-3-7-16;/h1-3,6-7,14-15,17H,4-5,8-13,19H2;1H/t14?,15-,17+;/m0./s1. The van der Waals surface area contributed by atoms with Crippen LogP contribution in [0, 0.1) is 11.8 Å². The second-order valence-corrected chi connectivity index (χ2v) is 7.77. The molecular weight excluding hydrogens is 328 g/mol. The number of nitrogens with two attached hydrogens (primary N) is 1. The van der Waals surface area contributed by atoms with Gasteiger partial charge in [-0.05, 0) is 43.2 Å². The van der Waals surface area contributed by atoms with Crippen molar-refractivity contribution in [2.24, 2.45) is 17.6 Å². The van der Waals surface area contributed by atoms with Gasteiger partial charge in [-0.25, -0.2) is 0 Å². The number of rotatable bonds is 5. The van der Waals surface area contributed by atoms with Gasteiger partial charge in [0.15, 0.2) is 0 Å². The second kappa shape index (κ2) is 8.95. The van der Waals surface area contributed by atoms with Gasteiger partial charge in [-0.1, -0.05) is 24.6 Å². The summed E-state index contributed by atoms with van der Waals surface area (Å²) in [5.41, 5.74) is 6.09. The molecule has 1 saturated carbocycles. The lowest BCUT2D eigenvalue weighted by molar-refractivity contribution is -0.131. The molecule has 0 spiro atoms. The molecule has 2 aliphatic rings. The number of thioether (sulfide) groups is 1. The van der Waals surface area contributed by atoms with E-state index < -0.39 is 0 Å². The third kappa shape index (κ3) is 5.13. The van der Waals surface area contributed by atoms with Crippen molar-refractivity contribution in [1.82, 2.24) is 4.90 Å². The minimum absolute atomic E-state index is 0. The largest absolute Gasteiger partial charge is 0.342 e. The molecule has 0 bridgehead atoms. The van der Waals surface area contributed by atoms with E-state index in [0.29, 0.717) is 24.2 Å². The summed E-state index contributed by atoms with van der Waals surface area (Å²) in [5.74, 6) is 2.49. The molecule has 2 fully saturated rings. The van der Waals surface area contributed by atoms with E-state index in [1.807, 2.05) is 17.8 Å². The fourth-order valence-electron chi connectivity index (χ4n) is 3.60. The van der Waals surface area contributed by atoms with Gasteiger partial charge in [0.05, 0.1) is 0 Å². The zero-order valence-corrected chi connectivity index (χ0v) is 15.2. The summed E-state index contributed by atoms with van der Waals surface area (Å²) in [4.78, 5) is 15.8. The number of benzene rings is 1. The summed E-state index contributed by atoms with van der Waals surface area (Å²) in [7, 11) is 0. The Hall–Kier alpha value is -0.710. The molecule has 1 aliphatic heterocycles. The Morgan fingerprint density at radius 3 is 2.70 bits per heavy atom. The summed E-state index contributed by atoms with van der Waals surface area (Å²) in [6.07, 6.45) is 5.22. The van der Waals surface area contributed by atoms with Crippen LogP contribution < -0.4 is 5.73 Å². The average molecular weight is 355 g/mol. The molecule has 5 heteroatoms. The van der Waals surface area contributed by atoms with Crippen molar-refractivity contribution in [1.29, 1.82) is 0 Å². The van der Waals surface area contributed by atoms with Gasteiger partial charge in [0, 0.05) is 36.2 Å². The molecule has 23 heavy (non-hydrogen) atoms. The molecule has 1 unspecified atom stereocenters. The molecular formula is C18H27ClN2OS. The molecule has 3 rings (SSSR count). The Morgan fingerprint density at radius 1 is 1.22 bits per heavy atom. The maximum Gasteiger partial charge on any atom is 0.222 e. The zero-order chi connectivity index (χ0) is 15.4. The van der Waals surface area contributed by atoms with E-state index in [-0.39, 0.29) is 18.4 Å². The van der Waals surface area contributed by atoms with Crippen molar-refractivity contribution >= 4 is 30.1 Å². The first kappa shape index (κ1) is 18.6. The molecule has 1 aliphatic carbocycles. The highest BCUT2D eigenvalue weighted by Gasteiger charge is 2.31. The summed E-state index contributed by atoms with van der Waals surface area (Å²) in [6.45, 7) is 1.86. The van der Waals surface area contributed by atoms with Crippen LogP contribution in [0.4, 0.5) is 0 Å². The van der Waals surface area contributed by atoms with Crippen LogP contribution in [0.3, 0.4) is 0 Å². The van der Waals surface area contributed by atoms with Crippen LogP contribution in [-0.2, 0) is 4.79 Å². The van der Waals surface area contributed by atoms with E-state index in [0.717, 1.165) is 38.1 Å². The molecule has 1 saturated heterocycles. The average Bonchev–Trinajstić information content (AvgIpc) is 3.16. The minimum Gasteiger partial charge on any atom is -0.342 e. The molecule has 0 aromatic heterocycles. The van der Waals surface area contributed by atoms with E-state index in [4.69, 9.17) is 5.73 Å². The monoisotopic (exact) mass is 354 g/mol. The van der Waals surface area contributed by atoms with Gasteiger partial charge in [0.25, 0.3) is 0 Å². The Labute approximate surface area is 149 Å². The van der Waals surface area contributed by atoms with Crippen molar-refractivity contribution in [3.8, 4) is 0 Å². The number of carbonyl (C=O) groups excluding carboxylic acids is 1. The van der Waals surface area contributed by atoms with Crippen molar-refractivity contribution in [2.45, 2.75) is 43.0 Å². The third-order valence-corrected chi connectivity index (χ3v) is 6.27. The van der Waals surface area contributed by atoms with E-state index in [2.05, 4.69) is 29.2 Å². The van der Waals surface area contributed by atoms with Crippen LogP contribution in [0.15, 0.2) is 35.2 Å². The lowest BCUT2D eigenvalue weighted by Crippen LogP contribution is -2.34. The normalized spacial score (nSPS) is 27.0. The van der Waals surface area contributed by atoms with Crippen molar-refractivity contribution in [3.63, 3.8) is 0 Å². The van der Waals surface area contributed by atoms with Gasteiger partial charge >= 0.3 is 0 Å². The van der Waals surface area contributed by atoms with E-state index in [9.17, 15) is 4.79 Å². The second-order valence-electron chi connectivity index (χ2n) is 6.68. The van der Waals surface area contributed by atoms with Crippen LogP contribution in [0.2, 0.25) is 0 Å². The number of hydrogen-bond acceptors (Lipinski definition) is 3. The molecule has 1 heterocycles. The Kier molecular flexibility index (Phi) is 7.25. The molecule has 1 aromatic carbocycles. The maximum atomic E-state index is 12.4. The summed E-state index contributed by atoms with van der Waals surface area (Å²) < 4.78 is 0. The summed E-state index contributed by atoms with van der Waals surface area (Å²) in [6, 6.07) is 10.8. The van der Waals surface area contributed by atoms with Gasteiger partial charge in [0.1, 0.15) is 0 Å². The molecule has 3 atom stereocenters. The molecule has 1 aromatic rings. The van der Waals surface area contributed by atoms with Crippen LogP contribution in [0.5, 0.6) is 0 Å². The lowest BCUT2D eigenvalue weighted by atomic mass is 9.99. The van der Waals surface area contributed by atoms with Crippen LogP contribution >= 0.6 is 24.2 Å². The van der Waals surface area contributed by atoms with Crippen LogP contribution in [0.1, 0.15) is 32.1 Å². The lowest BCUT2D eigenvalue weighted by Gasteiger charge is -2.21. The smallest absolute Gasteiger partial charge is 0.222 e. The van der Waals surface area contributed by atoms with Crippen molar-refractivity contribution in [2.75, 3.05) is 18.8 Å². The summed E-state index contributed by atoms with van der Waals surface area (Å²) in [5, 5.41) is 0. The van der Waals surface area contributed by atoms with Gasteiger partial charge in [-0.15, -0.1) is 24.2 Å². The fourth-order valence-corrected chi connectivity index (χ4v) is 4.65. The van der Waals surface area contributed by atoms with Gasteiger partial charge in [-0.2, -0.15) is 0 Å². The number of carbonyl (C=O) groups is 1. The highest BCUT2D eigenvalue weighted by Crippen LogP contribution is 2.30. The van der Waals surface area contributed by atoms with E-state index in [1.165, 1.54) is 11.3 Å². The van der Waals surface area contributed by atoms with Crippen LogP contribution in [-0.4, -0.2) is 35.7 Å². The summed E-state index contributed by atoms with van der Waals surface area (Å²) >= 11 is 1.91. The predicted molar refractivity (Wildman–Crippen MR) is 99.0 cm³/mol. The SMILES string of the molecule is Cl.N[C@@H]1CCC[C@H]1CC(=O)N1CCC(CSc2ccccc2)C1. The van der Waals surface area contributed by atoms with Gasteiger partial charge in [-0.3, -0.25) is 4.79 Å². The number of hydrogen-bond donors (Lipinski definition) is 1. The van der Waals surface area contributed by atoms with Crippen molar-refractivity contribution < 1.29 is 4.79 Å². The number of halogens is 1. The zero-order valence-electron chi connectivity index (χ0n) is 13.5. The minimum atomic E-state index is 0.